The van der Waals surface area contributed by atoms with Crippen LogP contribution in [0.2, 0.25) is 0 Å². The molecule has 1 atom stereocenters. The summed E-state index contributed by atoms with van der Waals surface area (Å²) >= 11 is 3.59. The molecule has 0 bridgehead atoms. The predicted molar refractivity (Wildman–Crippen MR) is 86.8 cm³/mol. The molecule has 0 spiro atoms. The molecule has 0 fully saturated rings. The van der Waals surface area contributed by atoms with Crippen molar-refractivity contribution in [3.05, 3.63) is 58.1 Å². The number of halogens is 1. The van der Waals surface area contributed by atoms with Crippen LogP contribution >= 0.6 is 15.9 Å². The molecule has 0 amide bonds. The fraction of sp³-hybridized carbons (Fsp3) is 0.294. The molecule has 1 heterocycles. The summed E-state index contributed by atoms with van der Waals surface area (Å²) in [6, 6.07) is 14.6. The highest BCUT2D eigenvalue weighted by Gasteiger charge is 2.16. The van der Waals surface area contributed by atoms with E-state index < -0.39 is 0 Å². The highest BCUT2D eigenvalue weighted by atomic mass is 79.9. The maximum Gasteiger partial charge on any atom is 0.231 e. The summed E-state index contributed by atoms with van der Waals surface area (Å²) in [5.74, 6) is 2.12. The number of hydrogen-bond acceptors (Lipinski definition) is 3. The third-order valence-corrected chi connectivity index (χ3v) is 4.41. The zero-order valence-corrected chi connectivity index (χ0v) is 13.5. The average molecular weight is 348 g/mol. The van der Waals surface area contributed by atoms with Gasteiger partial charge in [0.15, 0.2) is 11.5 Å². The van der Waals surface area contributed by atoms with Gasteiger partial charge in [0.2, 0.25) is 6.79 Å². The monoisotopic (exact) mass is 347 g/mol. The average Bonchev–Trinajstić information content (AvgIpc) is 2.95. The molecule has 0 aromatic heterocycles. The number of benzene rings is 2. The Morgan fingerprint density at radius 2 is 1.86 bits per heavy atom. The van der Waals surface area contributed by atoms with E-state index in [1.807, 2.05) is 18.2 Å². The lowest BCUT2D eigenvalue weighted by Crippen LogP contribution is -2.19. The van der Waals surface area contributed by atoms with E-state index in [1.54, 1.807) is 0 Å². The van der Waals surface area contributed by atoms with Gasteiger partial charge in [-0.2, -0.15) is 0 Å². The lowest BCUT2D eigenvalue weighted by atomic mass is 10.0. The van der Waals surface area contributed by atoms with E-state index in [0.717, 1.165) is 29.1 Å². The first kappa shape index (κ1) is 14.4. The van der Waals surface area contributed by atoms with E-state index in [0.29, 0.717) is 12.7 Å². The highest BCUT2D eigenvalue weighted by molar-refractivity contribution is 9.10. The molecule has 0 aliphatic carbocycles. The molecular weight excluding hydrogens is 330 g/mol. The van der Waals surface area contributed by atoms with E-state index in [2.05, 4.69) is 52.4 Å². The highest BCUT2D eigenvalue weighted by Crippen LogP contribution is 2.36. The SMILES string of the molecule is CC(CNCc1cc2c(cc1Br)OCO2)c1ccccc1. The van der Waals surface area contributed by atoms with Gasteiger partial charge in [-0.1, -0.05) is 53.2 Å². The first-order chi connectivity index (χ1) is 10.2. The maximum absolute atomic E-state index is 5.42. The Morgan fingerprint density at radius 1 is 1.14 bits per heavy atom. The minimum absolute atomic E-state index is 0.309. The van der Waals surface area contributed by atoms with Crippen LogP contribution in [0.25, 0.3) is 0 Å². The molecule has 4 heteroatoms. The molecule has 0 saturated heterocycles. The molecule has 21 heavy (non-hydrogen) atoms. The van der Waals surface area contributed by atoms with E-state index in [-0.39, 0.29) is 0 Å². The second-order valence-electron chi connectivity index (χ2n) is 5.24. The second kappa shape index (κ2) is 6.50. The van der Waals surface area contributed by atoms with Gasteiger partial charge >= 0.3 is 0 Å². The number of fused-ring (bicyclic) bond motifs is 1. The Morgan fingerprint density at radius 3 is 2.62 bits per heavy atom. The third kappa shape index (κ3) is 3.39. The van der Waals surface area contributed by atoms with Gasteiger partial charge < -0.3 is 14.8 Å². The molecule has 3 rings (SSSR count). The normalized spacial score (nSPS) is 14.2. The van der Waals surface area contributed by atoms with Crippen LogP contribution in [-0.4, -0.2) is 13.3 Å². The van der Waals surface area contributed by atoms with Crippen molar-refractivity contribution >= 4 is 15.9 Å². The number of hydrogen-bond donors (Lipinski definition) is 1. The van der Waals surface area contributed by atoms with Crippen molar-refractivity contribution in [2.24, 2.45) is 0 Å². The molecule has 1 aliphatic heterocycles. The van der Waals surface area contributed by atoms with Crippen molar-refractivity contribution in [3.63, 3.8) is 0 Å². The minimum Gasteiger partial charge on any atom is -0.454 e. The quantitative estimate of drug-likeness (QED) is 0.884. The molecule has 2 aromatic carbocycles. The van der Waals surface area contributed by atoms with Crippen LogP contribution in [0.15, 0.2) is 46.9 Å². The van der Waals surface area contributed by atoms with Gasteiger partial charge in [0, 0.05) is 17.6 Å². The van der Waals surface area contributed by atoms with Crippen molar-refractivity contribution in [2.75, 3.05) is 13.3 Å². The lowest BCUT2D eigenvalue weighted by molar-refractivity contribution is 0.174. The smallest absolute Gasteiger partial charge is 0.231 e. The summed E-state index contributed by atoms with van der Waals surface area (Å²) in [6.07, 6.45) is 0. The van der Waals surface area contributed by atoms with Gasteiger partial charge in [0.1, 0.15) is 0 Å². The Kier molecular flexibility index (Phi) is 4.46. The Labute approximate surface area is 133 Å². The predicted octanol–water partition coefficient (Wildman–Crippen LogP) is 4.07. The van der Waals surface area contributed by atoms with Gasteiger partial charge in [0.25, 0.3) is 0 Å². The van der Waals surface area contributed by atoms with Gasteiger partial charge in [-0.05, 0) is 29.2 Å². The summed E-state index contributed by atoms with van der Waals surface area (Å²) in [6.45, 7) is 4.28. The maximum atomic E-state index is 5.42. The van der Waals surface area contributed by atoms with Crippen molar-refractivity contribution in [1.29, 1.82) is 0 Å². The summed E-state index contributed by atoms with van der Waals surface area (Å²) in [5, 5.41) is 3.51. The number of nitrogens with one attached hydrogen (secondary N) is 1. The van der Waals surface area contributed by atoms with E-state index in [4.69, 9.17) is 9.47 Å². The van der Waals surface area contributed by atoms with Crippen LogP contribution in [-0.2, 0) is 6.54 Å². The van der Waals surface area contributed by atoms with Crippen molar-refractivity contribution < 1.29 is 9.47 Å². The van der Waals surface area contributed by atoms with Crippen LogP contribution in [0.1, 0.15) is 24.0 Å². The van der Waals surface area contributed by atoms with E-state index in [9.17, 15) is 0 Å². The largest absolute Gasteiger partial charge is 0.454 e. The molecule has 110 valence electrons. The number of rotatable bonds is 5. The fourth-order valence-electron chi connectivity index (χ4n) is 2.42. The van der Waals surface area contributed by atoms with Crippen molar-refractivity contribution in [1.82, 2.24) is 5.32 Å². The molecule has 1 N–H and O–H groups in total. The summed E-state index contributed by atoms with van der Waals surface area (Å²) in [7, 11) is 0. The summed E-state index contributed by atoms with van der Waals surface area (Å²) < 4.78 is 11.8. The zero-order chi connectivity index (χ0) is 14.7. The van der Waals surface area contributed by atoms with Crippen LogP contribution in [0.4, 0.5) is 0 Å². The van der Waals surface area contributed by atoms with Crippen molar-refractivity contribution in [3.8, 4) is 11.5 Å². The molecular formula is C17H18BrNO2. The molecule has 0 saturated carbocycles. The van der Waals surface area contributed by atoms with E-state index in [1.165, 1.54) is 11.1 Å². The Hall–Kier alpha value is -1.52. The van der Waals surface area contributed by atoms with E-state index >= 15 is 0 Å². The lowest BCUT2D eigenvalue weighted by Gasteiger charge is -2.14. The second-order valence-corrected chi connectivity index (χ2v) is 6.09. The topological polar surface area (TPSA) is 30.5 Å². The van der Waals surface area contributed by atoms with Crippen LogP contribution in [0, 0.1) is 0 Å². The molecule has 2 aromatic rings. The Bertz CT molecular complexity index is 616. The standard InChI is InChI=1S/C17H18BrNO2/c1-12(13-5-3-2-4-6-13)9-19-10-14-7-16-17(8-15(14)18)21-11-20-16/h2-8,12,19H,9-11H2,1H3. The number of ether oxygens (including phenoxy) is 2. The Balaban J connectivity index is 1.58. The van der Waals surface area contributed by atoms with Crippen LogP contribution in [0.5, 0.6) is 11.5 Å². The van der Waals surface area contributed by atoms with Gasteiger partial charge in [0.05, 0.1) is 0 Å². The summed E-state index contributed by atoms with van der Waals surface area (Å²) in [4.78, 5) is 0. The van der Waals surface area contributed by atoms with Gasteiger partial charge in [-0.3, -0.25) is 0 Å². The molecule has 3 nitrogen and oxygen atoms in total. The van der Waals surface area contributed by atoms with Gasteiger partial charge in [-0.15, -0.1) is 0 Å². The molecule has 1 aliphatic rings. The first-order valence-electron chi connectivity index (χ1n) is 7.07. The minimum atomic E-state index is 0.309. The molecule has 1 unspecified atom stereocenters. The zero-order valence-electron chi connectivity index (χ0n) is 11.9. The molecule has 0 radical (unpaired) electrons. The van der Waals surface area contributed by atoms with Crippen molar-refractivity contribution in [2.45, 2.75) is 19.4 Å². The summed E-state index contributed by atoms with van der Waals surface area (Å²) in [5.41, 5.74) is 2.54. The third-order valence-electron chi connectivity index (χ3n) is 3.68. The van der Waals surface area contributed by atoms with Gasteiger partial charge in [-0.25, -0.2) is 0 Å². The fourth-order valence-corrected chi connectivity index (χ4v) is 2.88. The van der Waals surface area contributed by atoms with Crippen LogP contribution in [0.3, 0.4) is 0 Å². The first-order valence-corrected chi connectivity index (χ1v) is 7.87. The van der Waals surface area contributed by atoms with Crippen LogP contribution < -0.4 is 14.8 Å².